The highest BCUT2D eigenvalue weighted by molar-refractivity contribution is 7.99. The second-order valence-corrected chi connectivity index (χ2v) is 7.32. The van der Waals surface area contributed by atoms with E-state index in [9.17, 15) is 14.0 Å². The number of benzene rings is 1. The van der Waals surface area contributed by atoms with Gasteiger partial charge in [0.2, 0.25) is 0 Å². The molecule has 24 heavy (non-hydrogen) atoms. The molecule has 0 aliphatic heterocycles. The molecular weight excluding hydrogens is 329 g/mol. The third-order valence-corrected chi connectivity index (χ3v) is 5.22. The number of carbonyl (C=O) groups is 2. The molecule has 1 N–H and O–H groups in total. The van der Waals surface area contributed by atoms with Gasteiger partial charge in [-0.1, -0.05) is 19.8 Å². The topological polar surface area (TPSA) is 55.4 Å². The van der Waals surface area contributed by atoms with Gasteiger partial charge in [0.1, 0.15) is 5.82 Å². The molecule has 0 bridgehead atoms. The lowest BCUT2D eigenvalue weighted by Crippen LogP contribution is -2.42. The molecule has 132 valence electrons. The SMILES string of the molecule is C[C@H]1CCCC[C@H]1NC(=O)COC(=O)CCSc1ccc(F)cc1. The fourth-order valence-corrected chi connectivity index (χ4v) is 3.61. The minimum atomic E-state index is -0.392. The van der Waals surface area contributed by atoms with Crippen LogP contribution in [-0.2, 0) is 14.3 Å². The lowest BCUT2D eigenvalue weighted by molar-refractivity contribution is -0.148. The minimum absolute atomic E-state index is 0.194. The number of hydrogen-bond donors (Lipinski definition) is 1. The van der Waals surface area contributed by atoms with E-state index in [2.05, 4.69) is 12.2 Å². The molecule has 2 rings (SSSR count). The number of nitrogens with one attached hydrogen (secondary N) is 1. The summed E-state index contributed by atoms with van der Waals surface area (Å²) in [4.78, 5) is 24.4. The Morgan fingerprint density at radius 3 is 2.67 bits per heavy atom. The minimum Gasteiger partial charge on any atom is -0.456 e. The van der Waals surface area contributed by atoms with Gasteiger partial charge < -0.3 is 10.1 Å². The Bertz CT molecular complexity index is 550. The van der Waals surface area contributed by atoms with Gasteiger partial charge in [0.05, 0.1) is 6.42 Å². The van der Waals surface area contributed by atoms with E-state index in [1.165, 1.54) is 30.3 Å². The Labute approximate surface area is 146 Å². The van der Waals surface area contributed by atoms with Gasteiger partial charge in [0.25, 0.3) is 5.91 Å². The van der Waals surface area contributed by atoms with E-state index < -0.39 is 5.97 Å². The maximum atomic E-state index is 12.8. The van der Waals surface area contributed by atoms with Gasteiger partial charge in [-0.15, -0.1) is 11.8 Å². The summed E-state index contributed by atoms with van der Waals surface area (Å²) in [6, 6.07) is 6.31. The number of hydrogen-bond acceptors (Lipinski definition) is 4. The first kappa shape index (κ1) is 18.8. The van der Waals surface area contributed by atoms with Crippen molar-refractivity contribution in [3.8, 4) is 0 Å². The quantitative estimate of drug-likeness (QED) is 0.602. The highest BCUT2D eigenvalue weighted by Crippen LogP contribution is 2.23. The molecular formula is C18H24FNO3S. The zero-order valence-electron chi connectivity index (χ0n) is 13.9. The second kappa shape index (κ2) is 9.67. The lowest BCUT2D eigenvalue weighted by atomic mass is 9.86. The maximum Gasteiger partial charge on any atom is 0.307 e. The predicted molar refractivity (Wildman–Crippen MR) is 92.3 cm³/mol. The van der Waals surface area contributed by atoms with E-state index in [-0.39, 0.29) is 30.8 Å². The maximum absolute atomic E-state index is 12.8. The molecule has 0 radical (unpaired) electrons. The molecule has 2 atom stereocenters. The van der Waals surface area contributed by atoms with Crippen molar-refractivity contribution in [2.75, 3.05) is 12.4 Å². The number of carbonyl (C=O) groups excluding carboxylic acids is 2. The summed E-state index contributed by atoms with van der Waals surface area (Å²) in [7, 11) is 0. The number of amides is 1. The van der Waals surface area contributed by atoms with Gasteiger partial charge in [0, 0.05) is 16.7 Å². The van der Waals surface area contributed by atoms with Crippen molar-refractivity contribution in [3.05, 3.63) is 30.1 Å². The molecule has 1 aromatic rings. The number of esters is 1. The molecule has 0 spiro atoms. The molecule has 1 aliphatic carbocycles. The van der Waals surface area contributed by atoms with Crippen molar-refractivity contribution in [1.82, 2.24) is 5.32 Å². The molecule has 6 heteroatoms. The van der Waals surface area contributed by atoms with Crippen LogP contribution in [0.4, 0.5) is 4.39 Å². The standard InChI is InChI=1S/C18H24FNO3S/c1-13-4-2-3-5-16(13)20-17(21)12-23-18(22)10-11-24-15-8-6-14(19)7-9-15/h6-9,13,16H,2-5,10-12H2,1H3,(H,20,21)/t13-,16+/m0/s1. The van der Waals surface area contributed by atoms with Crippen LogP contribution in [0.3, 0.4) is 0 Å². The zero-order valence-corrected chi connectivity index (χ0v) is 14.7. The van der Waals surface area contributed by atoms with Gasteiger partial charge in [-0.25, -0.2) is 4.39 Å². The fourth-order valence-electron chi connectivity index (χ4n) is 2.78. The van der Waals surface area contributed by atoms with Crippen LogP contribution in [0.1, 0.15) is 39.0 Å². The van der Waals surface area contributed by atoms with Crippen LogP contribution < -0.4 is 5.32 Å². The molecule has 0 unspecified atom stereocenters. The van der Waals surface area contributed by atoms with Crippen LogP contribution in [0.2, 0.25) is 0 Å². The van der Waals surface area contributed by atoms with E-state index in [0.717, 1.165) is 24.2 Å². The largest absolute Gasteiger partial charge is 0.456 e. The average molecular weight is 353 g/mol. The number of halogens is 1. The number of rotatable bonds is 7. The smallest absolute Gasteiger partial charge is 0.307 e. The van der Waals surface area contributed by atoms with Crippen molar-refractivity contribution in [3.63, 3.8) is 0 Å². The van der Waals surface area contributed by atoms with Gasteiger partial charge >= 0.3 is 5.97 Å². The second-order valence-electron chi connectivity index (χ2n) is 6.15. The van der Waals surface area contributed by atoms with E-state index >= 15 is 0 Å². The lowest BCUT2D eigenvalue weighted by Gasteiger charge is -2.29. The average Bonchev–Trinajstić information content (AvgIpc) is 2.57. The molecule has 1 aliphatic rings. The first-order valence-corrected chi connectivity index (χ1v) is 9.36. The van der Waals surface area contributed by atoms with Crippen molar-refractivity contribution >= 4 is 23.6 Å². The zero-order chi connectivity index (χ0) is 17.4. The summed E-state index contributed by atoms with van der Waals surface area (Å²) in [6.45, 7) is 1.92. The highest BCUT2D eigenvalue weighted by atomic mass is 32.2. The summed E-state index contributed by atoms with van der Waals surface area (Å²) in [6.07, 6.45) is 4.69. The summed E-state index contributed by atoms with van der Waals surface area (Å²) >= 11 is 1.45. The molecule has 1 fully saturated rings. The fraction of sp³-hybridized carbons (Fsp3) is 0.556. The Kier molecular flexibility index (Phi) is 7.56. The van der Waals surface area contributed by atoms with Crippen molar-refractivity contribution in [2.24, 2.45) is 5.92 Å². The van der Waals surface area contributed by atoms with Crippen molar-refractivity contribution < 1.29 is 18.7 Å². The normalized spacial score (nSPS) is 20.4. The highest BCUT2D eigenvalue weighted by Gasteiger charge is 2.23. The van der Waals surface area contributed by atoms with Crippen molar-refractivity contribution in [2.45, 2.75) is 50.0 Å². The first-order chi connectivity index (χ1) is 11.5. The molecule has 4 nitrogen and oxygen atoms in total. The molecule has 1 aromatic carbocycles. The summed E-state index contributed by atoms with van der Waals surface area (Å²) in [5.41, 5.74) is 0. The van der Waals surface area contributed by atoms with Crippen LogP contribution in [0.15, 0.2) is 29.2 Å². The Balaban J connectivity index is 1.60. The third-order valence-electron chi connectivity index (χ3n) is 4.21. The summed E-state index contributed by atoms with van der Waals surface area (Å²) < 4.78 is 17.8. The van der Waals surface area contributed by atoms with E-state index in [0.29, 0.717) is 11.7 Å². The Hall–Kier alpha value is -1.56. The van der Waals surface area contributed by atoms with Crippen LogP contribution in [0.5, 0.6) is 0 Å². The predicted octanol–water partition coefficient (Wildman–Crippen LogP) is 3.55. The van der Waals surface area contributed by atoms with Crippen molar-refractivity contribution in [1.29, 1.82) is 0 Å². The summed E-state index contributed by atoms with van der Waals surface area (Å²) in [5, 5.41) is 2.95. The van der Waals surface area contributed by atoms with Crippen LogP contribution in [-0.4, -0.2) is 30.3 Å². The molecule has 0 aromatic heterocycles. The van der Waals surface area contributed by atoms with E-state index in [1.807, 2.05) is 0 Å². The third kappa shape index (κ3) is 6.51. The van der Waals surface area contributed by atoms with Crippen LogP contribution in [0, 0.1) is 11.7 Å². The first-order valence-electron chi connectivity index (χ1n) is 8.38. The molecule has 0 heterocycles. The number of ether oxygens (including phenoxy) is 1. The molecule has 1 amide bonds. The van der Waals surface area contributed by atoms with Gasteiger partial charge in [-0.2, -0.15) is 0 Å². The van der Waals surface area contributed by atoms with Crippen LogP contribution >= 0.6 is 11.8 Å². The van der Waals surface area contributed by atoms with Crippen LogP contribution in [0.25, 0.3) is 0 Å². The van der Waals surface area contributed by atoms with E-state index in [4.69, 9.17) is 4.74 Å². The van der Waals surface area contributed by atoms with Gasteiger partial charge in [-0.05, 0) is 43.0 Å². The number of thioether (sulfide) groups is 1. The van der Waals surface area contributed by atoms with Gasteiger partial charge in [-0.3, -0.25) is 9.59 Å². The Morgan fingerprint density at radius 1 is 1.25 bits per heavy atom. The summed E-state index contributed by atoms with van der Waals surface area (Å²) in [5.74, 6) is 0.110. The Morgan fingerprint density at radius 2 is 1.96 bits per heavy atom. The monoisotopic (exact) mass is 353 g/mol. The molecule has 1 saturated carbocycles. The molecule has 0 saturated heterocycles. The van der Waals surface area contributed by atoms with Gasteiger partial charge in [0.15, 0.2) is 6.61 Å². The van der Waals surface area contributed by atoms with E-state index in [1.54, 1.807) is 12.1 Å².